The van der Waals surface area contributed by atoms with Gasteiger partial charge >= 0.3 is 5.97 Å². The van der Waals surface area contributed by atoms with E-state index < -0.39 is 5.79 Å². The number of esters is 1. The van der Waals surface area contributed by atoms with E-state index >= 15 is 0 Å². The van der Waals surface area contributed by atoms with Crippen molar-refractivity contribution in [1.29, 1.82) is 0 Å². The largest absolute Gasteiger partial charge is 0.459 e. The van der Waals surface area contributed by atoms with Gasteiger partial charge in [0.1, 0.15) is 11.2 Å². The summed E-state index contributed by atoms with van der Waals surface area (Å²) in [6.07, 6.45) is 3.29. The Kier molecular flexibility index (Phi) is 2.86. The maximum atomic E-state index is 12.4. The van der Waals surface area contributed by atoms with Crippen molar-refractivity contribution in [3.05, 3.63) is 11.5 Å². The van der Waals surface area contributed by atoms with Crippen molar-refractivity contribution in [1.82, 2.24) is 0 Å². The van der Waals surface area contributed by atoms with Crippen LogP contribution in [0.4, 0.5) is 0 Å². The number of cyclic esters (lactones) is 1. The third-order valence-corrected chi connectivity index (χ3v) is 4.85. The van der Waals surface area contributed by atoms with Crippen LogP contribution in [0.1, 0.15) is 53.9 Å². The maximum Gasteiger partial charge on any atom is 0.344 e. The fourth-order valence-electron chi connectivity index (χ4n) is 3.89. The standard InChI is InChI=1S/C16H24O4/c1-9-6-7-11-10(8-9)12-13(17)18-16(4,5)20-14(12)19-15(11,2)3/h9-11H,6-8H2,1-5H3/t9-,10+,11-/m1/s1. The fraction of sp³-hybridized carbons (Fsp3) is 0.812. The van der Waals surface area contributed by atoms with E-state index in [1.54, 1.807) is 13.8 Å². The van der Waals surface area contributed by atoms with Gasteiger partial charge < -0.3 is 14.2 Å². The maximum absolute atomic E-state index is 12.4. The van der Waals surface area contributed by atoms with Gasteiger partial charge in [-0.1, -0.05) is 13.3 Å². The van der Waals surface area contributed by atoms with E-state index in [9.17, 15) is 4.79 Å². The molecule has 0 aromatic carbocycles. The number of hydrogen-bond donors (Lipinski definition) is 0. The Morgan fingerprint density at radius 2 is 1.75 bits per heavy atom. The van der Waals surface area contributed by atoms with Crippen molar-refractivity contribution in [2.75, 3.05) is 0 Å². The van der Waals surface area contributed by atoms with Crippen LogP contribution in [0.2, 0.25) is 0 Å². The molecular formula is C16H24O4. The minimum Gasteiger partial charge on any atom is -0.459 e. The van der Waals surface area contributed by atoms with Crippen LogP contribution >= 0.6 is 0 Å². The summed E-state index contributed by atoms with van der Waals surface area (Å²) >= 11 is 0. The van der Waals surface area contributed by atoms with Gasteiger partial charge in [-0.3, -0.25) is 0 Å². The second kappa shape index (κ2) is 4.15. The lowest BCUT2D eigenvalue weighted by atomic mass is 9.64. The van der Waals surface area contributed by atoms with E-state index in [2.05, 4.69) is 20.8 Å². The molecule has 0 N–H and O–H groups in total. The van der Waals surface area contributed by atoms with Gasteiger partial charge in [0.25, 0.3) is 11.7 Å². The highest BCUT2D eigenvalue weighted by atomic mass is 16.8. The molecule has 112 valence electrons. The van der Waals surface area contributed by atoms with Crippen LogP contribution in [0.3, 0.4) is 0 Å². The second-order valence-corrected chi connectivity index (χ2v) is 7.43. The number of ether oxygens (including phenoxy) is 3. The Hall–Kier alpha value is -1.19. The molecule has 4 heteroatoms. The quantitative estimate of drug-likeness (QED) is 0.638. The van der Waals surface area contributed by atoms with Crippen molar-refractivity contribution in [3.8, 4) is 0 Å². The summed E-state index contributed by atoms with van der Waals surface area (Å²) < 4.78 is 17.2. The van der Waals surface area contributed by atoms with Crippen molar-refractivity contribution >= 4 is 5.97 Å². The molecule has 1 aliphatic carbocycles. The van der Waals surface area contributed by atoms with Crippen molar-refractivity contribution in [3.63, 3.8) is 0 Å². The van der Waals surface area contributed by atoms with Crippen molar-refractivity contribution < 1.29 is 19.0 Å². The average Bonchev–Trinajstić information content (AvgIpc) is 2.24. The summed E-state index contributed by atoms with van der Waals surface area (Å²) in [5.41, 5.74) is 0.331. The van der Waals surface area contributed by atoms with E-state index in [1.807, 2.05) is 0 Å². The van der Waals surface area contributed by atoms with Gasteiger partial charge in [-0.25, -0.2) is 4.79 Å². The smallest absolute Gasteiger partial charge is 0.344 e. The summed E-state index contributed by atoms with van der Waals surface area (Å²) in [5, 5.41) is 0. The van der Waals surface area contributed by atoms with Gasteiger partial charge in [0.2, 0.25) is 0 Å². The average molecular weight is 280 g/mol. The van der Waals surface area contributed by atoms with Gasteiger partial charge in [-0.15, -0.1) is 0 Å². The molecule has 0 bridgehead atoms. The lowest BCUT2D eigenvalue weighted by molar-refractivity contribution is -0.252. The molecule has 1 fully saturated rings. The Balaban J connectivity index is 2.04. The number of carbonyl (C=O) groups is 1. The van der Waals surface area contributed by atoms with Crippen LogP contribution in [0.5, 0.6) is 0 Å². The van der Waals surface area contributed by atoms with Gasteiger partial charge in [-0.05, 0) is 32.6 Å². The number of rotatable bonds is 0. The molecule has 0 unspecified atom stereocenters. The Morgan fingerprint density at radius 1 is 1.05 bits per heavy atom. The molecular weight excluding hydrogens is 256 g/mol. The number of carbonyl (C=O) groups excluding carboxylic acids is 1. The SMILES string of the molecule is C[C@@H]1CC[C@@H]2[C@H](C1)C1=C(OC(C)(C)OC1=O)OC2(C)C. The van der Waals surface area contributed by atoms with Crippen LogP contribution in [0.25, 0.3) is 0 Å². The zero-order valence-corrected chi connectivity index (χ0v) is 13.0. The van der Waals surface area contributed by atoms with Crippen LogP contribution in [-0.2, 0) is 19.0 Å². The van der Waals surface area contributed by atoms with E-state index in [0.29, 0.717) is 23.4 Å². The Morgan fingerprint density at radius 3 is 2.45 bits per heavy atom. The summed E-state index contributed by atoms with van der Waals surface area (Å²) in [5.74, 6) is 0.360. The van der Waals surface area contributed by atoms with Crippen LogP contribution in [0.15, 0.2) is 11.5 Å². The Labute approximate surface area is 120 Å². The minimum absolute atomic E-state index is 0.195. The zero-order valence-electron chi connectivity index (χ0n) is 13.0. The highest BCUT2D eigenvalue weighted by Gasteiger charge is 2.53. The van der Waals surface area contributed by atoms with Crippen molar-refractivity contribution in [2.24, 2.45) is 17.8 Å². The lowest BCUT2D eigenvalue weighted by Crippen LogP contribution is -2.51. The molecule has 0 saturated heterocycles. The molecule has 20 heavy (non-hydrogen) atoms. The molecule has 1 saturated carbocycles. The first-order valence-electron chi connectivity index (χ1n) is 7.55. The summed E-state index contributed by atoms with van der Waals surface area (Å²) in [7, 11) is 0. The molecule has 0 amide bonds. The highest BCUT2D eigenvalue weighted by Crippen LogP contribution is 2.51. The molecule has 2 heterocycles. The molecule has 4 nitrogen and oxygen atoms in total. The van der Waals surface area contributed by atoms with E-state index in [1.165, 1.54) is 6.42 Å². The first-order chi connectivity index (χ1) is 9.20. The van der Waals surface area contributed by atoms with Gasteiger partial charge in [0.05, 0.1) is 0 Å². The summed E-state index contributed by atoms with van der Waals surface area (Å²) in [6.45, 7) is 9.92. The van der Waals surface area contributed by atoms with Gasteiger partial charge in [-0.2, -0.15) is 0 Å². The van der Waals surface area contributed by atoms with E-state index in [0.717, 1.165) is 12.8 Å². The van der Waals surface area contributed by atoms with Gasteiger partial charge in [0.15, 0.2) is 0 Å². The zero-order chi connectivity index (χ0) is 14.7. The highest BCUT2D eigenvalue weighted by molar-refractivity contribution is 5.90. The first-order valence-corrected chi connectivity index (χ1v) is 7.55. The molecule has 2 aliphatic heterocycles. The number of fused-ring (bicyclic) bond motifs is 2. The third kappa shape index (κ3) is 2.09. The minimum atomic E-state index is -0.945. The van der Waals surface area contributed by atoms with Crippen LogP contribution < -0.4 is 0 Å². The molecule has 0 radical (unpaired) electrons. The Bertz CT molecular complexity index is 475. The van der Waals surface area contributed by atoms with E-state index in [-0.39, 0.29) is 17.5 Å². The number of hydrogen-bond acceptors (Lipinski definition) is 4. The topological polar surface area (TPSA) is 44.8 Å². The van der Waals surface area contributed by atoms with Crippen LogP contribution in [-0.4, -0.2) is 17.4 Å². The van der Waals surface area contributed by atoms with Gasteiger partial charge in [0, 0.05) is 25.7 Å². The molecule has 0 aromatic rings. The molecule has 3 rings (SSSR count). The summed E-state index contributed by atoms with van der Waals surface area (Å²) in [6, 6.07) is 0. The fourth-order valence-corrected chi connectivity index (χ4v) is 3.89. The molecule has 3 atom stereocenters. The normalized spacial score (nSPS) is 38.0. The third-order valence-electron chi connectivity index (χ3n) is 4.85. The monoisotopic (exact) mass is 280 g/mol. The predicted octanol–water partition coefficient (Wildman–Crippen LogP) is 3.37. The van der Waals surface area contributed by atoms with E-state index in [4.69, 9.17) is 14.2 Å². The first kappa shape index (κ1) is 13.8. The second-order valence-electron chi connectivity index (χ2n) is 7.43. The molecule has 0 aromatic heterocycles. The molecule has 3 aliphatic rings. The molecule has 0 spiro atoms. The van der Waals surface area contributed by atoms with Crippen molar-refractivity contribution in [2.45, 2.75) is 65.3 Å². The lowest BCUT2D eigenvalue weighted by Gasteiger charge is -2.50. The van der Waals surface area contributed by atoms with Crippen LogP contribution in [0, 0.1) is 17.8 Å². The predicted molar refractivity (Wildman–Crippen MR) is 73.4 cm³/mol. The summed E-state index contributed by atoms with van der Waals surface area (Å²) in [4.78, 5) is 12.4.